The van der Waals surface area contributed by atoms with Gasteiger partial charge >= 0.3 is 5.97 Å². The molecule has 0 spiro atoms. The van der Waals surface area contributed by atoms with E-state index < -0.39 is 54.0 Å². The lowest BCUT2D eigenvalue weighted by Crippen LogP contribution is -2.58. The normalized spacial score (nSPS) is 32.0. The van der Waals surface area contributed by atoms with Crippen LogP contribution in [0.5, 0.6) is 0 Å². The molecule has 3 amide bonds. The number of nitrogens with one attached hydrogen (secondary N) is 3. The zero-order chi connectivity index (χ0) is 24.5. The van der Waals surface area contributed by atoms with E-state index in [9.17, 15) is 24.3 Å². The van der Waals surface area contributed by atoms with Crippen LogP contribution in [-0.4, -0.2) is 70.6 Å². The number of carbonyl (C=O) groups excluding carboxylic acids is 4. The summed E-state index contributed by atoms with van der Waals surface area (Å²) in [4.78, 5) is 51.4. The predicted molar refractivity (Wildman–Crippen MR) is 129 cm³/mol. The highest BCUT2D eigenvalue weighted by Gasteiger charge is 2.34. The first-order valence-corrected chi connectivity index (χ1v) is 13.8. The van der Waals surface area contributed by atoms with Crippen LogP contribution in [0.25, 0.3) is 0 Å². The highest BCUT2D eigenvalue weighted by atomic mass is 33.1. The molecule has 1 fully saturated rings. The molecule has 11 heteroatoms. The fourth-order valence-corrected chi connectivity index (χ4v) is 5.73. The van der Waals surface area contributed by atoms with E-state index in [4.69, 9.17) is 4.74 Å². The summed E-state index contributed by atoms with van der Waals surface area (Å²) in [5.74, 6) is -1.35. The smallest absolute Gasteiger partial charge is 0.309 e. The molecule has 4 N–H and O–H groups in total. The minimum absolute atomic E-state index is 0.148. The summed E-state index contributed by atoms with van der Waals surface area (Å²) < 4.78 is 5.49. The third-order valence-corrected chi connectivity index (χ3v) is 7.87. The number of esters is 1. The van der Waals surface area contributed by atoms with Gasteiger partial charge in [0.1, 0.15) is 18.2 Å². The number of amides is 3. The Balaban J connectivity index is 2.47. The molecule has 0 aromatic rings. The Labute approximate surface area is 203 Å². The molecule has 0 radical (unpaired) electrons. The lowest BCUT2D eigenvalue weighted by molar-refractivity contribution is -0.151. The second-order valence-corrected chi connectivity index (χ2v) is 11.6. The van der Waals surface area contributed by atoms with Crippen LogP contribution in [0.4, 0.5) is 0 Å². The molecule has 1 saturated heterocycles. The minimum Gasteiger partial charge on any atom is -0.457 e. The van der Waals surface area contributed by atoms with E-state index in [-0.39, 0.29) is 24.7 Å². The summed E-state index contributed by atoms with van der Waals surface area (Å²) in [6, 6.07) is -2.44. The zero-order valence-corrected chi connectivity index (χ0v) is 21.2. The quantitative estimate of drug-likeness (QED) is 0.252. The van der Waals surface area contributed by atoms with Gasteiger partial charge in [0.15, 0.2) is 0 Å². The molecule has 5 atom stereocenters. The Morgan fingerprint density at radius 3 is 2.36 bits per heavy atom. The van der Waals surface area contributed by atoms with E-state index in [1.165, 1.54) is 10.8 Å². The molecule has 2 heterocycles. The van der Waals surface area contributed by atoms with Gasteiger partial charge in [0.2, 0.25) is 17.7 Å². The van der Waals surface area contributed by atoms with Crippen LogP contribution in [0, 0.1) is 11.8 Å². The van der Waals surface area contributed by atoms with Crippen molar-refractivity contribution in [2.75, 3.05) is 11.5 Å². The number of hydrogen-bond donors (Lipinski definition) is 4. The van der Waals surface area contributed by atoms with Crippen molar-refractivity contribution in [3.63, 3.8) is 0 Å². The van der Waals surface area contributed by atoms with E-state index in [1.54, 1.807) is 30.7 Å². The fourth-order valence-electron chi connectivity index (χ4n) is 3.57. The maximum atomic E-state index is 13.1. The highest BCUT2D eigenvalue weighted by Crippen LogP contribution is 2.24. The summed E-state index contributed by atoms with van der Waals surface area (Å²) in [5.41, 5.74) is 0. The molecule has 2 aliphatic rings. The van der Waals surface area contributed by atoms with Crippen LogP contribution in [0.15, 0.2) is 12.2 Å². The second kappa shape index (κ2) is 13.2. The molecule has 33 heavy (non-hydrogen) atoms. The van der Waals surface area contributed by atoms with Crippen LogP contribution in [0.3, 0.4) is 0 Å². The molecule has 0 aliphatic carbocycles. The second-order valence-electron chi connectivity index (χ2n) is 8.96. The predicted octanol–water partition coefficient (Wildman–Crippen LogP) is 1.16. The SMILES string of the molecule is CC(C)C1NC(=O)CC2/C=C\CCSSCC(NC1=O)C(=O)NC(C(C)C)C(O)CC(=O)O2. The van der Waals surface area contributed by atoms with Crippen molar-refractivity contribution in [2.45, 2.75) is 77.3 Å². The maximum Gasteiger partial charge on any atom is 0.309 e. The van der Waals surface area contributed by atoms with Crippen LogP contribution in [0.2, 0.25) is 0 Å². The molecule has 0 saturated carbocycles. The molecular weight excluding hydrogens is 466 g/mol. The van der Waals surface area contributed by atoms with Gasteiger partial charge in [-0.1, -0.05) is 55.4 Å². The average molecular weight is 502 g/mol. The van der Waals surface area contributed by atoms with Crippen LogP contribution in [0.1, 0.15) is 47.0 Å². The third kappa shape index (κ3) is 8.86. The van der Waals surface area contributed by atoms with E-state index in [0.717, 1.165) is 5.75 Å². The standard InChI is InChI=1S/C22H35N3O6S2/c1-12(2)19-16(26)10-18(28)31-14-7-5-6-8-32-33-11-15(21(29)25-19)23-22(30)20(13(3)4)24-17(27)9-14/h5,7,12-16,19-20,26H,6,8-11H2,1-4H3,(H,23,30)(H,24,27)(H,25,29)/b7-5-. The number of ether oxygens (including phenoxy) is 1. The number of aliphatic hydroxyl groups is 1. The van der Waals surface area contributed by atoms with Gasteiger partial charge in [-0.25, -0.2) is 0 Å². The summed E-state index contributed by atoms with van der Waals surface area (Å²) >= 11 is 0. The van der Waals surface area contributed by atoms with Gasteiger partial charge in [0.25, 0.3) is 0 Å². The summed E-state index contributed by atoms with van der Waals surface area (Å²) in [6.45, 7) is 7.25. The molecular formula is C22H35N3O6S2. The van der Waals surface area contributed by atoms with Crippen molar-refractivity contribution >= 4 is 45.3 Å². The average Bonchev–Trinajstić information content (AvgIpc) is 2.72. The zero-order valence-electron chi connectivity index (χ0n) is 19.5. The fraction of sp³-hybridized carbons (Fsp3) is 0.727. The molecule has 9 nitrogen and oxygen atoms in total. The first-order valence-electron chi connectivity index (χ1n) is 11.3. The number of fused-ring (bicyclic) bond motifs is 7. The lowest BCUT2D eigenvalue weighted by Gasteiger charge is -2.30. The minimum atomic E-state index is -1.18. The monoisotopic (exact) mass is 501 g/mol. The third-order valence-electron chi connectivity index (χ3n) is 5.42. The van der Waals surface area contributed by atoms with Crippen molar-refractivity contribution in [2.24, 2.45) is 11.8 Å². The van der Waals surface area contributed by atoms with Gasteiger partial charge in [-0.3, -0.25) is 19.2 Å². The molecule has 5 unspecified atom stereocenters. The van der Waals surface area contributed by atoms with Crippen LogP contribution >= 0.6 is 21.6 Å². The van der Waals surface area contributed by atoms with E-state index in [0.29, 0.717) is 12.2 Å². The van der Waals surface area contributed by atoms with Crippen molar-refractivity contribution in [3.05, 3.63) is 12.2 Å². The maximum absolute atomic E-state index is 13.1. The van der Waals surface area contributed by atoms with Gasteiger partial charge in [-0.2, -0.15) is 0 Å². The number of carbonyl (C=O) groups is 4. The number of aliphatic hydroxyl groups excluding tert-OH is 1. The molecule has 2 rings (SSSR count). The summed E-state index contributed by atoms with van der Waals surface area (Å²) in [7, 11) is 3.03. The largest absolute Gasteiger partial charge is 0.457 e. The van der Waals surface area contributed by atoms with Crippen molar-refractivity contribution in [1.29, 1.82) is 0 Å². The Morgan fingerprint density at radius 2 is 1.70 bits per heavy atom. The summed E-state index contributed by atoms with van der Waals surface area (Å²) in [6.07, 6.45) is 1.73. The van der Waals surface area contributed by atoms with Gasteiger partial charge < -0.3 is 25.8 Å². The van der Waals surface area contributed by atoms with Gasteiger partial charge in [-0.15, -0.1) is 0 Å². The van der Waals surface area contributed by atoms with Crippen LogP contribution < -0.4 is 16.0 Å². The molecule has 0 aromatic carbocycles. The van der Waals surface area contributed by atoms with Gasteiger partial charge in [0, 0.05) is 11.5 Å². The molecule has 186 valence electrons. The van der Waals surface area contributed by atoms with Crippen LogP contribution in [-0.2, 0) is 23.9 Å². The first-order chi connectivity index (χ1) is 15.6. The Kier molecular flexibility index (Phi) is 11.0. The van der Waals surface area contributed by atoms with Crippen molar-refractivity contribution in [3.8, 4) is 0 Å². The number of hydrogen-bond acceptors (Lipinski definition) is 8. The van der Waals surface area contributed by atoms with Crippen molar-refractivity contribution in [1.82, 2.24) is 16.0 Å². The molecule has 2 aliphatic heterocycles. The highest BCUT2D eigenvalue weighted by molar-refractivity contribution is 8.76. The number of rotatable bonds is 2. The lowest BCUT2D eigenvalue weighted by atomic mass is 9.96. The molecule has 2 bridgehead atoms. The summed E-state index contributed by atoms with van der Waals surface area (Å²) in [5, 5.41) is 19.0. The first kappa shape index (κ1) is 27.5. The van der Waals surface area contributed by atoms with E-state index in [1.807, 2.05) is 19.9 Å². The van der Waals surface area contributed by atoms with Gasteiger partial charge in [-0.05, 0) is 24.3 Å². The van der Waals surface area contributed by atoms with Gasteiger partial charge in [0.05, 0.1) is 25.0 Å². The Hall–Kier alpha value is -1.72. The van der Waals surface area contributed by atoms with E-state index in [2.05, 4.69) is 16.0 Å². The number of allylic oxidation sites excluding steroid dienone is 1. The van der Waals surface area contributed by atoms with E-state index >= 15 is 0 Å². The topological polar surface area (TPSA) is 134 Å². The van der Waals surface area contributed by atoms with Crippen molar-refractivity contribution < 1.29 is 29.0 Å². The Bertz CT molecular complexity index is 746. The Morgan fingerprint density at radius 1 is 0.970 bits per heavy atom. The molecule has 0 aromatic heterocycles.